The molecule has 0 aromatic heterocycles. The van der Waals surface area contributed by atoms with Crippen LogP contribution in [0, 0.1) is 17.8 Å². The largest absolute Gasteiger partial charge is 0.394 e. The number of ether oxygens (including phenoxy) is 1. The van der Waals surface area contributed by atoms with E-state index in [2.05, 4.69) is 13.2 Å². The number of rotatable bonds is 8. The smallest absolute Gasteiger partial charge is 0.249 e. The number of carbonyl (C=O) groups is 3. The fourth-order valence-corrected chi connectivity index (χ4v) is 6.39. The van der Waals surface area contributed by atoms with Crippen LogP contribution in [0.1, 0.15) is 48.0 Å². The van der Waals surface area contributed by atoms with Crippen LogP contribution in [0.3, 0.4) is 0 Å². The van der Waals surface area contributed by atoms with E-state index in [1.165, 1.54) is 4.90 Å². The fraction of sp³-hybridized carbons (Fsp3) is 0.731. The van der Waals surface area contributed by atoms with Crippen LogP contribution >= 0.6 is 0 Å². The highest BCUT2D eigenvalue weighted by molar-refractivity contribution is 5.99. The third kappa shape index (κ3) is 3.61. The predicted molar refractivity (Wildman–Crippen MR) is 130 cm³/mol. The van der Waals surface area contributed by atoms with Gasteiger partial charge in [0.1, 0.15) is 11.6 Å². The number of aliphatic hydroxyl groups excluding tert-OH is 1. The number of amides is 3. The van der Waals surface area contributed by atoms with Crippen LogP contribution in [0.5, 0.6) is 0 Å². The van der Waals surface area contributed by atoms with Gasteiger partial charge in [-0.15, -0.1) is 13.2 Å². The molecule has 0 aromatic rings. The van der Waals surface area contributed by atoms with Gasteiger partial charge in [-0.05, 0) is 47.0 Å². The standard InChI is InChI=1S/C26H41N3O5/c1-10-12-27(9)21(31)18-19-22(32)29(17(4)15-30)20(23(33)28(13-11-2)24(5,6)7)26(19)14-16(3)25(18,8)34-26/h10-11,16-20,30H,1-2,12-15H2,3-9H3/t16?,17-,18-,19+,20?,25+,26?/m1/s1. The summed E-state index contributed by atoms with van der Waals surface area (Å²) < 4.78 is 6.72. The highest BCUT2D eigenvalue weighted by Gasteiger charge is 2.80. The second-order valence-electron chi connectivity index (χ2n) is 11.4. The molecule has 1 N–H and O–H groups in total. The van der Waals surface area contributed by atoms with Gasteiger partial charge in [-0.25, -0.2) is 0 Å². The highest BCUT2D eigenvalue weighted by Crippen LogP contribution is 2.65. The maximum Gasteiger partial charge on any atom is 0.249 e. The Labute approximate surface area is 203 Å². The molecule has 3 heterocycles. The Balaban J connectivity index is 2.19. The van der Waals surface area contributed by atoms with Gasteiger partial charge < -0.3 is 24.5 Å². The Hall–Kier alpha value is -2.19. The average molecular weight is 476 g/mol. The first-order valence-electron chi connectivity index (χ1n) is 12.1. The molecule has 7 atom stereocenters. The van der Waals surface area contributed by atoms with Gasteiger partial charge in [0, 0.05) is 25.7 Å². The molecule has 2 bridgehead atoms. The maximum atomic E-state index is 14.2. The molecule has 3 aliphatic heterocycles. The zero-order chi connectivity index (χ0) is 25.8. The summed E-state index contributed by atoms with van der Waals surface area (Å²) in [5.74, 6) is -2.27. The summed E-state index contributed by atoms with van der Waals surface area (Å²) in [6.07, 6.45) is 3.81. The van der Waals surface area contributed by atoms with Crippen LogP contribution in [0.4, 0.5) is 0 Å². The van der Waals surface area contributed by atoms with Crippen molar-refractivity contribution in [2.75, 3.05) is 26.7 Å². The molecule has 3 saturated heterocycles. The van der Waals surface area contributed by atoms with E-state index in [0.29, 0.717) is 19.5 Å². The molecule has 190 valence electrons. The Morgan fingerprint density at radius 3 is 2.35 bits per heavy atom. The van der Waals surface area contributed by atoms with Gasteiger partial charge in [-0.2, -0.15) is 0 Å². The third-order valence-electron chi connectivity index (χ3n) is 8.16. The fourth-order valence-electron chi connectivity index (χ4n) is 6.39. The number of aliphatic hydroxyl groups is 1. The molecule has 1 spiro atoms. The Morgan fingerprint density at radius 1 is 1.26 bits per heavy atom. The Kier molecular flexibility index (Phi) is 6.83. The summed E-state index contributed by atoms with van der Waals surface area (Å²) in [7, 11) is 1.69. The SMILES string of the molecule is C=CCN(C)C(=O)[C@H]1[C@H]2C(=O)N([C@H](C)CO)C(C(=O)N(CC=C)C(C)(C)C)C23CC(C)[C@]1(C)O3. The summed E-state index contributed by atoms with van der Waals surface area (Å²) in [5.41, 5.74) is -2.53. The van der Waals surface area contributed by atoms with E-state index < -0.39 is 40.7 Å². The summed E-state index contributed by atoms with van der Waals surface area (Å²) in [6.45, 7) is 19.4. The average Bonchev–Trinajstić information content (AvgIpc) is 3.26. The van der Waals surface area contributed by atoms with Crippen molar-refractivity contribution in [2.45, 2.75) is 76.8 Å². The van der Waals surface area contributed by atoms with Crippen molar-refractivity contribution in [3.63, 3.8) is 0 Å². The molecule has 3 rings (SSSR count). The first-order valence-corrected chi connectivity index (χ1v) is 12.1. The number of likely N-dealkylation sites (tertiary alicyclic amines) is 1. The molecule has 3 fully saturated rings. The van der Waals surface area contributed by atoms with Crippen molar-refractivity contribution in [1.82, 2.24) is 14.7 Å². The number of carbonyl (C=O) groups excluding carboxylic acids is 3. The highest BCUT2D eigenvalue weighted by atomic mass is 16.5. The van der Waals surface area contributed by atoms with Gasteiger partial charge in [0.25, 0.3) is 0 Å². The minimum absolute atomic E-state index is 0.0372. The molecule has 8 nitrogen and oxygen atoms in total. The lowest BCUT2D eigenvalue weighted by Crippen LogP contribution is -2.61. The number of fused-ring (bicyclic) bond motifs is 1. The quantitative estimate of drug-likeness (QED) is 0.541. The van der Waals surface area contributed by atoms with Crippen LogP contribution < -0.4 is 0 Å². The maximum absolute atomic E-state index is 14.2. The van der Waals surface area contributed by atoms with Crippen LogP contribution in [0.15, 0.2) is 25.3 Å². The zero-order valence-corrected chi connectivity index (χ0v) is 21.7. The van der Waals surface area contributed by atoms with Gasteiger partial charge in [0.15, 0.2) is 0 Å². The normalized spacial score (nSPS) is 35.2. The van der Waals surface area contributed by atoms with Gasteiger partial charge in [0.05, 0.1) is 30.1 Å². The number of hydrogen-bond donors (Lipinski definition) is 1. The first-order chi connectivity index (χ1) is 15.7. The molecular weight excluding hydrogens is 434 g/mol. The van der Waals surface area contributed by atoms with Crippen molar-refractivity contribution < 1.29 is 24.2 Å². The second-order valence-corrected chi connectivity index (χ2v) is 11.4. The van der Waals surface area contributed by atoms with Crippen molar-refractivity contribution in [3.8, 4) is 0 Å². The summed E-state index contributed by atoms with van der Waals surface area (Å²) in [5, 5.41) is 10.0. The number of nitrogens with zero attached hydrogens (tertiary/aromatic N) is 3. The first kappa shape index (κ1) is 26.4. The Bertz CT molecular complexity index is 882. The van der Waals surface area contributed by atoms with Crippen LogP contribution in [0.25, 0.3) is 0 Å². The second kappa shape index (κ2) is 8.79. The van der Waals surface area contributed by atoms with Crippen molar-refractivity contribution in [2.24, 2.45) is 17.8 Å². The summed E-state index contributed by atoms with van der Waals surface area (Å²) in [6, 6.07) is -1.53. The van der Waals surface area contributed by atoms with Crippen LogP contribution in [-0.2, 0) is 19.1 Å². The molecule has 0 radical (unpaired) electrons. The zero-order valence-electron chi connectivity index (χ0n) is 21.7. The van der Waals surface area contributed by atoms with Crippen molar-refractivity contribution in [3.05, 3.63) is 25.3 Å². The lowest BCUT2D eigenvalue weighted by Gasteiger charge is -2.43. The van der Waals surface area contributed by atoms with E-state index in [0.717, 1.165) is 0 Å². The molecule has 3 unspecified atom stereocenters. The monoisotopic (exact) mass is 475 g/mol. The van der Waals surface area contributed by atoms with Crippen LogP contribution in [-0.4, -0.2) is 93.1 Å². The van der Waals surface area contributed by atoms with Gasteiger partial charge >= 0.3 is 0 Å². The minimum Gasteiger partial charge on any atom is -0.394 e. The predicted octanol–water partition coefficient (Wildman–Crippen LogP) is 1.84. The molecule has 0 aliphatic carbocycles. The lowest BCUT2D eigenvalue weighted by molar-refractivity contribution is -0.159. The molecule has 0 saturated carbocycles. The van der Waals surface area contributed by atoms with E-state index in [1.807, 2.05) is 34.6 Å². The lowest BCUT2D eigenvalue weighted by atomic mass is 9.62. The molecule has 3 aliphatic rings. The van der Waals surface area contributed by atoms with Gasteiger partial charge in [-0.1, -0.05) is 19.1 Å². The summed E-state index contributed by atoms with van der Waals surface area (Å²) >= 11 is 0. The number of hydrogen-bond acceptors (Lipinski definition) is 5. The third-order valence-corrected chi connectivity index (χ3v) is 8.16. The van der Waals surface area contributed by atoms with E-state index >= 15 is 0 Å². The molecule has 3 amide bonds. The molecular formula is C26H41N3O5. The van der Waals surface area contributed by atoms with Gasteiger partial charge in [0.2, 0.25) is 17.7 Å². The van der Waals surface area contributed by atoms with E-state index in [4.69, 9.17) is 4.74 Å². The molecule has 0 aromatic carbocycles. The van der Waals surface area contributed by atoms with Crippen LogP contribution in [0.2, 0.25) is 0 Å². The van der Waals surface area contributed by atoms with E-state index in [-0.39, 0.29) is 30.2 Å². The van der Waals surface area contributed by atoms with E-state index in [9.17, 15) is 19.5 Å². The Morgan fingerprint density at radius 2 is 1.85 bits per heavy atom. The van der Waals surface area contributed by atoms with Crippen molar-refractivity contribution in [1.29, 1.82) is 0 Å². The molecule has 34 heavy (non-hydrogen) atoms. The topological polar surface area (TPSA) is 90.4 Å². The van der Waals surface area contributed by atoms with E-state index in [1.54, 1.807) is 35.9 Å². The number of likely N-dealkylation sites (N-methyl/N-ethyl adjacent to an activating group) is 1. The van der Waals surface area contributed by atoms with Gasteiger partial charge in [-0.3, -0.25) is 14.4 Å². The minimum atomic E-state index is -1.13. The molecule has 8 heteroatoms. The van der Waals surface area contributed by atoms with Crippen molar-refractivity contribution >= 4 is 17.7 Å². The summed E-state index contributed by atoms with van der Waals surface area (Å²) in [4.78, 5) is 46.6.